The summed E-state index contributed by atoms with van der Waals surface area (Å²) in [7, 11) is 0. The van der Waals surface area contributed by atoms with Gasteiger partial charge in [-0.2, -0.15) is 0 Å². The van der Waals surface area contributed by atoms with Gasteiger partial charge in [0.05, 0.1) is 5.56 Å². The lowest BCUT2D eigenvalue weighted by Crippen LogP contribution is -2.24. The van der Waals surface area contributed by atoms with Crippen molar-refractivity contribution in [1.29, 1.82) is 0 Å². The minimum absolute atomic E-state index is 0.0285. The van der Waals surface area contributed by atoms with Crippen LogP contribution in [0.4, 0.5) is 4.39 Å². The molecule has 0 amide bonds. The summed E-state index contributed by atoms with van der Waals surface area (Å²) in [5.41, 5.74) is 1.26. The summed E-state index contributed by atoms with van der Waals surface area (Å²) in [4.78, 5) is 24.8. The SMILES string of the molecule is Cc1cc(OC(=O)C2CCCO2)cc2c1C(=O)/C(=C/c1ccccc1F)O2. The van der Waals surface area contributed by atoms with E-state index in [0.717, 1.165) is 6.42 Å². The van der Waals surface area contributed by atoms with Crippen LogP contribution in [0.3, 0.4) is 0 Å². The fourth-order valence-electron chi connectivity index (χ4n) is 3.22. The van der Waals surface area contributed by atoms with Crippen LogP contribution in [0.2, 0.25) is 0 Å². The van der Waals surface area contributed by atoms with Crippen molar-refractivity contribution in [3.05, 3.63) is 64.7 Å². The number of carbonyl (C=O) groups is 2. The number of aryl methyl sites for hydroxylation is 1. The average Bonchev–Trinajstić information content (AvgIpc) is 3.26. The molecule has 0 N–H and O–H groups in total. The standard InChI is InChI=1S/C21H17FO5/c1-12-9-14(26-21(24)16-7-4-8-25-16)11-17-19(12)20(23)18(27-17)10-13-5-2-3-6-15(13)22/h2-3,5-6,9-11,16H,4,7-8H2,1H3/b18-10-. The van der Waals surface area contributed by atoms with Gasteiger partial charge >= 0.3 is 5.97 Å². The summed E-state index contributed by atoms with van der Waals surface area (Å²) in [5.74, 6) is -0.633. The van der Waals surface area contributed by atoms with Crippen LogP contribution in [0.15, 0.2) is 42.2 Å². The minimum Gasteiger partial charge on any atom is -0.452 e. The summed E-state index contributed by atoms with van der Waals surface area (Å²) in [6, 6.07) is 9.23. The quantitative estimate of drug-likeness (QED) is 0.468. The van der Waals surface area contributed by atoms with E-state index in [-0.39, 0.29) is 28.6 Å². The monoisotopic (exact) mass is 368 g/mol. The normalized spacial score (nSPS) is 19.9. The molecule has 138 valence electrons. The van der Waals surface area contributed by atoms with Crippen molar-refractivity contribution in [3.63, 3.8) is 0 Å². The Hall–Kier alpha value is -2.99. The number of ketones is 1. The number of rotatable bonds is 3. The number of halogens is 1. The van der Waals surface area contributed by atoms with Gasteiger partial charge in [-0.05, 0) is 43.5 Å². The maximum Gasteiger partial charge on any atom is 0.340 e. The molecule has 5 nitrogen and oxygen atoms in total. The largest absolute Gasteiger partial charge is 0.452 e. The van der Waals surface area contributed by atoms with Crippen molar-refractivity contribution in [3.8, 4) is 11.5 Å². The van der Waals surface area contributed by atoms with Crippen LogP contribution in [-0.2, 0) is 9.53 Å². The molecule has 4 rings (SSSR count). The maximum absolute atomic E-state index is 13.9. The lowest BCUT2D eigenvalue weighted by atomic mass is 10.0. The van der Waals surface area contributed by atoms with E-state index in [1.165, 1.54) is 18.2 Å². The van der Waals surface area contributed by atoms with Gasteiger partial charge in [0.1, 0.15) is 17.3 Å². The molecule has 1 unspecified atom stereocenters. The Morgan fingerprint density at radius 2 is 2.11 bits per heavy atom. The Bertz CT molecular complexity index is 957. The van der Waals surface area contributed by atoms with E-state index in [0.29, 0.717) is 24.2 Å². The zero-order valence-electron chi connectivity index (χ0n) is 14.7. The van der Waals surface area contributed by atoms with Crippen molar-refractivity contribution >= 4 is 17.8 Å². The third-order valence-corrected chi connectivity index (χ3v) is 4.55. The maximum atomic E-state index is 13.9. The molecule has 2 heterocycles. The lowest BCUT2D eigenvalue weighted by molar-refractivity contribution is -0.144. The van der Waals surface area contributed by atoms with Crippen molar-refractivity contribution < 1.29 is 28.2 Å². The van der Waals surface area contributed by atoms with Crippen molar-refractivity contribution in [2.75, 3.05) is 6.61 Å². The molecule has 27 heavy (non-hydrogen) atoms. The highest BCUT2D eigenvalue weighted by Gasteiger charge is 2.31. The van der Waals surface area contributed by atoms with Crippen LogP contribution in [0.25, 0.3) is 6.08 Å². The summed E-state index contributed by atoms with van der Waals surface area (Å²) < 4.78 is 30.2. The van der Waals surface area contributed by atoms with Gasteiger partial charge < -0.3 is 14.2 Å². The number of carbonyl (C=O) groups excluding carboxylic acids is 2. The predicted octanol–water partition coefficient (Wildman–Crippen LogP) is 3.83. The van der Waals surface area contributed by atoms with Gasteiger partial charge in [0.2, 0.25) is 5.78 Å². The van der Waals surface area contributed by atoms with Crippen LogP contribution in [0, 0.1) is 12.7 Å². The molecule has 1 saturated heterocycles. The number of hydrogen-bond donors (Lipinski definition) is 0. The van der Waals surface area contributed by atoms with E-state index < -0.39 is 17.9 Å². The van der Waals surface area contributed by atoms with E-state index in [1.807, 2.05) is 0 Å². The number of Topliss-reactive ketones (excluding diaryl/α,β-unsaturated/α-hetero) is 1. The van der Waals surface area contributed by atoms with Crippen LogP contribution in [0.1, 0.15) is 34.3 Å². The molecule has 2 aliphatic rings. The van der Waals surface area contributed by atoms with E-state index in [1.54, 1.807) is 31.2 Å². The number of allylic oxidation sites excluding steroid dienone is 1. The Morgan fingerprint density at radius 3 is 2.85 bits per heavy atom. The molecule has 0 aromatic heterocycles. The molecule has 1 atom stereocenters. The van der Waals surface area contributed by atoms with Crippen LogP contribution in [0.5, 0.6) is 11.5 Å². The third kappa shape index (κ3) is 3.36. The zero-order valence-corrected chi connectivity index (χ0v) is 14.7. The molecule has 2 aromatic carbocycles. The molecule has 0 bridgehead atoms. The Morgan fingerprint density at radius 1 is 1.30 bits per heavy atom. The molecule has 1 fully saturated rings. The molecule has 0 radical (unpaired) electrons. The molecule has 2 aromatic rings. The minimum atomic E-state index is -0.558. The van der Waals surface area contributed by atoms with Gasteiger partial charge in [0.15, 0.2) is 11.9 Å². The Balaban J connectivity index is 1.60. The fraction of sp³-hybridized carbons (Fsp3) is 0.238. The van der Waals surface area contributed by atoms with E-state index in [2.05, 4.69) is 0 Å². The highest BCUT2D eigenvalue weighted by molar-refractivity contribution is 6.15. The average molecular weight is 368 g/mol. The number of esters is 1. The summed E-state index contributed by atoms with van der Waals surface area (Å²) in [5, 5.41) is 0. The van der Waals surface area contributed by atoms with Gasteiger partial charge in [-0.15, -0.1) is 0 Å². The molecule has 6 heteroatoms. The first-order valence-electron chi connectivity index (χ1n) is 8.69. The number of hydrogen-bond acceptors (Lipinski definition) is 5. The van der Waals surface area contributed by atoms with Gasteiger partial charge in [0.25, 0.3) is 0 Å². The number of fused-ring (bicyclic) bond motifs is 1. The van der Waals surface area contributed by atoms with Crippen LogP contribution in [-0.4, -0.2) is 24.5 Å². The summed E-state index contributed by atoms with van der Waals surface area (Å²) >= 11 is 0. The topological polar surface area (TPSA) is 61.8 Å². The molecule has 0 saturated carbocycles. The van der Waals surface area contributed by atoms with Gasteiger partial charge in [-0.1, -0.05) is 18.2 Å². The molecule has 2 aliphatic heterocycles. The van der Waals surface area contributed by atoms with E-state index in [4.69, 9.17) is 14.2 Å². The Labute approximate surface area is 155 Å². The zero-order chi connectivity index (χ0) is 19.0. The molecular formula is C21H17FO5. The third-order valence-electron chi connectivity index (χ3n) is 4.55. The van der Waals surface area contributed by atoms with Crippen LogP contribution < -0.4 is 9.47 Å². The summed E-state index contributed by atoms with van der Waals surface area (Å²) in [6.45, 7) is 2.28. The second-order valence-corrected chi connectivity index (χ2v) is 6.50. The van der Waals surface area contributed by atoms with E-state index >= 15 is 0 Å². The molecule has 0 aliphatic carbocycles. The van der Waals surface area contributed by atoms with Crippen molar-refractivity contribution in [2.45, 2.75) is 25.9 Å². The highest BCUT2D eigenvalue weighted by atomic mass is 19.1. The van der Waals surface area contributed by atoms with Gasteiger partial charge in [-0.25, -0.2) is 9.18 Å². The molecule has 0 spiro atoms. The fourth-order valence-corrected chi connectivity index (χ4v) is 3.22. The lowest BCUT2D eigenvalue weighted by Gasteiger charge is -2.11. The second kappa shape index (κ2) is 6.96. The predicted molar refractivity (Wildman–Crippen MR) is 95.1 cm³/mol. The summed E-state index contributed by atoms with van der Waals surface area (Å²) in [6.07, 6.45) is 2.27. The van der Waals surface area contributed by atoms with Gasteiger partial charge in [-0.3, -0.25) is 4.79 Å². The molecular weight excluding hydrogens is 351 g/mol. The number of ether oxygens (including phenoxy) is 3. The van der Waals surface area contributed by atoms with Gasteiger partial charge in [0, 0.05) is 18.2 Å². The van der Waals surface area contributed by atoms with Crippen molar-refractivity contribution in [2.24, 2.45) is 0 Å². The second-order valence-electron chi connectivity index (χ2n) is 6.50. The first-order valence-corrected chi connectivity index (χ1v) is 8.69. The Kier molecular flexibility index (Phi) is 4.49. The van der Waals surface area contributed by atoms with Crippen LogP contribution >= 0.6 is 0 Å². The number of benzene rings is 2. The first kappa shape index (κ1) is 17.4. The van der Waals surface area contributed by atoms with Crippen molar-refractivity contribution in [1.82, 2.24) is 0 Å². The van der Waals surface area contributed by atoms with E-state index in [9.17, 15) is 14.0 Å². The highest BCUT2D eigenvalue weighted by Crippen LogP contribution is 2.38. The smallest absolute Gasteiger partial charge is 0.340 e. The first-order chi connectivity index (χ1) is 13.0.